The van der Waals surface area contributed by atoms with Crippen molar-refractivity contribution >= 4 is 17.6 Å². The molecule has 0 aliphatic heterocycles. The number of nitrogens with zero attached hydrogens (tertiary/aromatic N) is 1. The number of aromatic nitrogens is 1. The number of aliphatic carboxylic acids is 1. The Hall–Kier alpha value is -3.47. The molecule has 35 heavy (non-hydrogen) atoms. The van der Waals surface area contributed by atoms with Gasteiger partial charge in [0.2, 0.25) is 5.91 Å². The number of aryl methyl sites for hydroxylation is 1. The number of pyridine rings is 1. The molecule has 1 aliphatic carbocycles. The molecule has 2 atom stereocenters. The number of hydrogen-bond donors (Lipinski definition) is 2. The summed E-state index contributed by atoms with van der Waals surface area (Å²) in [6, 6.07) is 16.2. The van der Waals surface area contributed by atoms with Gasteiger partial charge in [-0.15, -0.1) is 0 Å². The molecule has 1 saturated carbocycles. The minimum Gasteiger partial charge on any atom is -0.481 e. The molecule has 4 rings (SSSR count). The van der Waals surface area contributed by atoms with E-state index in [4.69, 9.17) is 0 Å². The van der Waals surface area contributed by atoms with E-state index < -0.39 is 5.97 Å². The summed E-state index contributed by atoms with van der Waals surface area (Å²) in [6.45, 7) is 5.90. The summed E-state index contributed by atoms with van der Waals surface area (Å²) in [4.78, 5) is 29.2. The van der Waals surface area contributed by atoms with Crippen LogP contribution in [-0.4, -0.2) is 22.0 Å². The smallest absolute Gasteiger partial charge is 0.303 e. The Morgan fingerprint density at radius 1 is 1.03 bits per heavy atom. The van der Waals surface area contributed by atoms with Gasteiger partial charge < -0.3 is 10.4 Å². The first-order valence-electron chi connectivity index (χ1n) is 12.5. The summed E-state index contributed by atoms with van der Waals surface area (Å²) < 4.78 is 0. The van der Waals surface area contributed by atoms with E-state index in [2.05, 4.69) is 40.6 Å². The molecule has 1 heterocycles. The van der Waals surface area contributed by atoms with E-state index in [0.717, 1.165) is 64.8 Å². The van der Waals surface area contributed by atoms with E-state index in [9.17, 15) is 14.7 Å². The van der Waals surface area contributed by atoms with Crippen LogP contribution in [0.1, 0.15) is 73.1 Å². The standard InChI is InChI=1S/C30H34N2O3/c1-19-15-25(18-31-17-19)22-11-13-24(14-12-22)29(23-7-4-5-8-23)30(35)32-27-10-6-9-26(21(27)3)20(2)16-28(33)34/h6,9-15,17-18,20,23,29H,4-5,7-8,16H2,1-3H3,(H,32,35)(H,33,34)/t20-,29-/m1/s1. The van der Waals surface area contributed by atoms with Crippen LogP contribution in [0.3, 0.4) is 0 Å². The van der Waals surface area contributed by atoms with Crippen LogP contribution in [0.4, 0.5) is 5.69 Å². The highest BCUT2D eigenvalue weighted by atomic mass is 16.4. The average Bonchev–Trinajstić information content (AvgIpc) is 3.35. The molecular weight excluding hydrogens is 436 g/mol. The molecule has 0 bridgehead atoms. The van der Waals surface area contributed by atoms with Gasteiger partial charge in [-0.3, -0.25) is 14.6 Å². The molecular formula is C30H34N2O3. The van der Waals surface area contributed by atoms with Gasteiger partial charge in [-0.2, -0.15) is 0 Å². The maximum Gasteiger partial charge on any atom is 0.303 e. The van der Waals surface area contributed by atoms with Gasteiger partial charge in [0, 0.05) is 23.6 Å². The molecule has 182 valence electrons. The second-order valence-electron chi connectivity index (χ2n) is 9.90. The van der Waals surface area contributed by atoms with E-state index in [1.807, 2.05) is 51.4 Å². The monoisotopic (exact) mass is 470 g/mol. The average molecular weight is 471 g/mol. The normalized spacial score (nSPS) is 15.5. The summed E-state index contributed by atoms with van der Waals surface area (Å²) in [7, 11) is 0. The lowest BCUT2D eigenvalue weighted by atomic mass is 9.83. The lowest BCUT2D eigenvalue weighted by Crippen LogP contribution is -2.27. The fraction of sp³-hybridized carbons (Fsp3) is 0.367. The van der Waals surface area contributed by atoms with E-state index in [1.54, 1.807) is 0 Å². The third kappa shape index (κ3) is 5.79. The quantitative estimate of drug-likeness (QED) is 0.377. The highest BCUT2D eigenvalue weighted by Crippen LogP contribution is 2.39. The van der Waals surface area contributed by atoms with Crippen molar-refractivity contribution in [3.8, 4) is 11.1 Å². The predicted molar refractivity (Wildman–Crippen MR) is 140 cm³/mol. The lowest BCUT2D eigenvalue weighted by Gasteiger charge is -2.25. The number of carboxylic acids is 1. The summed E-state index contributed by atoms with van der Waals surface area (Å²) in [6.07, 6.45) is 8.19. The van der Waals surface area contributed by atoms with Crippen LogP contribution in [0, 0.1) is 19.8 Å². The van der Waals surface area contributed by atoms with Gasteiger partial charge in [0.05, 0.1) is 12.3 Å². The molecule has 0 radical (unpaired) electrons. The number of anilines is 1. The number of carboxylic acid groups (broad SMARTS) is 1. The van der Waals surface area contributed by atoms with Crippen LogP contribution < -0.4 is 5.32 Å². The van der Waals surface area contributed by atoms with Crippen LogP contribution >= 0.6 is 0 Å². The number of rotatable bonds is 8. The first-order valence-corrected chi connectivity index (χ1v) is 12.5. The molecule has 1 fully saturated rings. The minimum absolute atomic E-state index is 0.00742. The van der Waals surface area contributed by atoms with Gasteiger partial charge in [-0.05, 0) is 78.5 Å². The van der Waals surface area contributed by atoms with Crippen molar-refractivity contribution in [2.24, 2.45) is 5.92 Å². The SMILES string of the molecule is Cc1cncc(-c2ccc([C@H](C(=O)Nc3cccc([C@H](C)CC(=O)O)c3C)C3CCCC3)cc2)c1. The van der Waals surface area contributed by atoms with Crippen molar-refractivity contribution in [3.05, 3.63) is 83.2 Å². The maximum atomic E-state index is 13.7. The van der Waals surface area contributed by atoms with Gasteiger partial charge in [0.25, 0.3) is 0 Å². The zero-order chi connectivity index (χ0) is 24.9. The van der Waals surface area contributed by atoms with E-state index >= 15 is 0 Å². The van der Waals surface area contributed by atoms with Crippen LogP contribution in [0.5, 0.6) is 0 Å². The fourth-order valence-electron chi connectivity index (χ4n) is 5.43. The predicted octanol–water partition coefficient (Wildman–Crippen LogP) is 6.86. The molecule has 2 N–H and O–H groups in total. The zero-order valence-corrected chi connectivity index (χ0v) is 20.8. The third-order valence-electron chi connectivity index (χ3n) is 7.28. The van der Waals surface area contributed by atoms with E-state index in [1.165, 1.54) is 0 Å². The van der Waals surface area contributed by atoms with Crippen molar-refractivity contribution in [2.45, 2.75) is 64.7 Å². The molecule has 5 heteroatoms. The highest BCUT2D eigenvalue weighted by Gasteiger charge is 2.32. The third-order valence-corrected chi connectivity index (χ3v) is 7.28. The molecule has 1 amide bonds. The molecule has 0 unspecified atom stereocenters. The molecule has 0 spiro atoms. The zero-order valence-electron chi connectivity index (χ0n) is 20.8. The summed E-state index contributed by atoms with van der Waals surface area (Å²) in [5, 5.41) is 12.4. The van der Waals surface area contributed by atoms with Crippen molar-refractivity contribution in [1.29, 1.82) is 0 Å². The van der Waals surface area contributed by atoms with Crippen molar-refractivity contribution in [1.82, 2.24) is 4.98 Å². The maximum absolute atomic E-state index is 13.7. The number of carbonyl (C=O) groups excluding carboxylic acids is 1. The molecule has 5 nitrogen and oxygen atoms in total. The number of benzene rings is 2. The first kappa shape index (κ1) is 24.6. The Labute approximate surface area is 207 Å². The van der Waals surface area contributed by atoms with Crippen molar-refractivity contribution in [3.63, 3.8) is 0 Å². The fourth-order valence-corrected chi connectivity index (χ4v) is 5.43. The van der Waals surface area contributed by atoms with Gasteiger partial charge in [0.1, 0.15) is 0 Å². The molecule has 0 saturated heterocycles. The van der Waals surface area contributed by atoms with Gasteiger partial charge in [-0.25, -0.2) is 0 Å². The van der Waals surface area contributed by atoms with E-state index in [0.29, 0.717) is 5.92 Å². The first-order chi connectivity index (χ1) is 16.8. The van der Waals surface area contributed by atoms with Gasteiger partial charge in [-0.1, -0.05) is 56.2 Å². The van der Waals surface area contributed by atoms with Crippen molar-refractivity contribution < 1.29 is 14.7 Å². The number of carbonyl (C=O) groups is 2. The van der Waals surface area contributed by atoms with Crippen LogP contribution in [0.2, 0.25) is 0 Å². The van der Waals surface area contributed by atoms with Gasteiger partial charge >= 0.3 is 5.97 Å². The Kier molecular flexibility index (Phi) is 7.64. The largest absolute Gasteiger partial charge is 0.481 e. The lowest BCUT2D eigenvalue weighted by molar-refractivity contribution is -0.137. The summed E-state index contributed by atoms with van der Waals surface area (Å²) in [5.74, 6) is -0.846. The summed E-state index contributed by atoms with van der Waals surface area (Å²) in [5.41, 5.74) is 6.96. The Morgan fingerprint density at radius 2 is 1.74 bits per heavy atom. The second kappa shape index (κ2) is 10.9. The second-order valence-corrected chi connectivity index (χ2v) is 9.90. The summed E-state index contributed by atoms with van der Waals surface area (Å²) >= 11 is 0. The van der Waals surface area contributed by atoms with Crippen LogP contribution in [0.15, 0.2) is 60.9 Å². The number of hydrogen-bond acceptors (Lipinski definition) is 3. The van der Waals surface area contributed by atoms with E-state index in [-0.39, 0.29) is 24.2 Å². The molecule has 2 aromatic carbocycles. The highest BCUT2D eigenvalue weighted by molar-refractivity contribution is 5.97. The number of nitrogens with one attached hydrogen (secondary N) is 1. The van der Waals surface area contributed by atoms with Gasteiger partial charge in [0.15, 0.2) is 0 Å². The number of amides is 1. The minimum atomic E-state index is -0.822. The Balaban J connectivity index is 1.60. The topological polar surface area (TPSA) is 79.3 Å². The molecule has 1 aliphatic rings. The van der Waals surface area contributed by atoms with Crippen LogP contribution in [0.25, 0.3) is 11.1 Å². The van der Waals surface area contributed by atoms with Crippen LogP contribution in [-0.2, 0) is 9.59 Å². The Bertz CT molecular complexity index is 1200. The molecule has 3 aromatic rings. The van der Waals surface area contributed by atoms with Crippen molar-refractivity contribution in [2.75, 3.05) is 5.32 Å². The molecule has 1 aromatic heterocycles. The Morgan fingerprint density at radius 3 is 2.40 bits per heavy atom.